The molecule has 0 amide bonds. The van der Waals surface area contributed by atoms with Crippen molar-refractivity contribution in [2.75, 3.05) is 0 Å². The Morgan fingerprint density at radius 3 is 2.78 bits per heavy atom. The number of thiophene rings is 1. The van der Waals surface area contributed by atoms with E-state index in [1.165, 1.54) is 17.5 Å². The van der Waals surface area contributed by atoms with Gasteiger partial charge in [-0.2, -0.15) is 0 Å². The molecule has 23 heavy (non-hydrogen) atoms. The second-order valence-corrected chi connectivity index (χ2v) is 6.44. The first-order valence-corrected chi connectivity index (χ1v) is 7.86. The van der Waals surface area contributed by atoms with E-state index in [0.29, 0.717) is 21.6 Å². The molecule has 0 saturated carbocycles. The van der Waals surface area contributed by atoms with Gasteiger partial charge in [0.05, 0.1) is 10.9 Å². The number of aromatic nitrogens is 3. The van der Waals surface area contributed by atoms with Crippen molar-refractivity contribution in [2.45, 2.75) is 27.4 Å². The van der Waals surface area contributed by atoms with Crippen LogP contribution < -0.4 is 5.56 Å². The van der Waals surface area contributed by atoms with Gasteiger partial charge < -0.3 is 9.72 Å². The lowest BCUT2D eigenvalue weighted by atomic mass is 10.2. The number of hydrogen-bond donors (Lipinski definition) is 1. The summed E-state index contributed by atoms with van der Waals surface area (Å²) in [6, 6.07) is 3.38. The fraction of sp³-hybridized carbons (Fsp3) is 0.250. The zero-order valence-corrected chi connectivity index (χ0v) is 13.8. The quantitative estimate of drug-likeness (QED) is 0.747. The normalized spacial score (nSPS) is 10.9. The third kappa shape index (κ3) is 3.00. The van der Waals surface area contributed by atoms with Gasteiger partial charge in [-0.3, -0.25) is 9.78 Å². The first kappa shape index (κ1) is 15.4. The van der Waals surface area contributed by atoms with Crippen LogP contribution in [0.4, 0.5) is 0 Å². The van der Waals surface area contributed by atoms with Crippen LogP contribution in [0, 0.1) is 20.8 Å². The molecule has 0 bridgehead atoms. The van der Waals surface area contributed by atoms with E-state index in [2.05, 4.69) is 15.0 Å². The largest absolute Gasteiger partial charge is 0.454 e. The second-order valence-electron chi connectivity index (χ2n) is 5.24. The molecule has 3 rings (SSSR count). The van der Waals surface area contributed by atoms with Crippen molar-refractivity contribution < 1.29 is 9.53 Å². The summed E-state index contributed by atoms with van der Waals surface area (Å²) in [5.41, 5.74) is 1.91. The van der Waals surface area contributed by atoms with Gasteiger partial charge in [0.1, 0.15) is 17.3 Å². The highest BCUT2D eigenvalue weighted by molar-refractivity contribution is 7.18. The molecule has 1 N–H and O–H groups in total. The molecule has 0 radical (unpaired) electrons. The summed E-state index contributed by atoms with van der Waals surface area (Å²) in [5, 5.41) is 0.602. The Kier molecular flexibility index (Phi) is 3.96. The Labute approximate surface area is 136 Å². The zero-order valence-electron chi connectivity index (χ0n) is 13.0. The maximum absolute atomic E-state index is 12.1. The van der Waals surface area contributed by atoms with Gasteiger partial charge in [-0.25, -0.2) is 9.78 Å². The van der Waals surface area contributed by atoms with Crippen LogP contribution in [0.5, 0.6) is 0 Å². The van der Waals surface area contributed by atoms with Crippen molar-refractivity contribution in [2.24, 2.45) is 0 Å². The Bertz CT molecular complexity index is 942. The minimum atomic E-state index is -0.501. The number of nitrogens with zero attached hydrogens (tertiary/aromatic N) is 2. The molecule has 6 nitrogen and oxygen atoms in total. The second kappa shape index (κ2) is 5.92. The first-order valence-electron chi connectivity index (χ1n) is 7.04. The summed E-state index contributed by atoms with van der Waals surface area (Å²) in [4.78, 5) is 36.9. The van der Waals surface area contributed by atoms with Crippen LogP contribution in [-0.4, -0.2) is 20.9 Å². The summed E-state index contributed by atoms with van der Waals surface area (Å²) in [5.74, 6) is -0.170. The number of rotatable bonds is 3. The van der Waals surface area contributed by atoms with Crippen LogP contribution in [-0.2, 0) is 11.3 Å². The van der Waals surface area contributed by atoms with Crippen LogP contribution in [0.15, 0.2) is 23.1 Å². The zero-order chi connectivity index (χ0) is 16.6. The van der Waals surface area contributed by atoms with Gasteiger partial charge in [0.15, 0.2) is 0 Å². The van der Waals surface area contributed by atoms with Gasteiger partial charge in [0.25, 0.3) is 5.56 Å². The molecule has 3 aromatic heterocycles. The summed E-state index contributed by atoms with van der Waals surface area (Å²) in [6.45, 7) is 5.60. The number of aromatic amines is 1. The molecule has 0 unspecified atom stereocenters. The average Bonchev–Trinajstić information content (AvgIpc) is 2.80. The van der Waals surface area contributed by atoms with Crippen LogP contribution in [0.1, 0.15) is 32.3 Å². The van der Waals surface area contributed by atoms with Crippen molar-refractivity contribution in [3.8, 4) is 0 Å². The van der Waals surface area contributed by atoms with E-state index < -0.39 is 5.97 Å². The molecular weight excluding hydrogens is 314 g/mol. The number of nitrogens with one attached hydrogen (secondary N) is 1. The van der Waals surface area contributed by atoms with Gasteiger partial charge >= 0.3 is 5.97 Å². The summed E-state index contributed by atoms with van der Waals surface area (Å²) >= 11 is 1.46. The molecule has 0 atom stereocenters. The number of aryl methyl sites for hydroxylation is 3. The molecule has 0 aliphatic carbocycles. The number of fused-ring (bicyclic) bond motifs is 1. The molecule has 7 heteroatoms. The van der Waals surface area contributed by atoms with E-state index in [-0.39, 0.29) is 12.2 Å². The van der Waals surface area contributed by atoms with E-state index >= 15 is 0 Å². The molecule has 0 aliphatic rings. The topological polar surface area (TPSA) is 84.9 Å². The standard InChI is InChI=1S/C16H15N3O3S/c1-8-4-5-11(6-17-8)16(21)22-7-12-18-14(20)13-9(2)10(3)23-15(13)19-12/h4-6H,7H2,1-3H3,(H,18,19,20). The van der Waals surface area contributed by atoms with Gasteiger partial charge in [-0.1, -0.05) is 0 Å². The summed E-state index contributed by atoms with van der Waals surface area (Å²) in [6.07, 6.45) is 1.46. The Hall–Kier alpha value is -2.54. The maximum Gasteiger partial charge on any atom is 0.340 e. The number of carbonyl (C=O) groups excluding carboxylic acids is 1. The minimum Gasteiger partial charge on any atom is -0.454 e. The molecular formula is C16H15N3O3S. The fourth-order valence-corrected chi connectivity index (χ4v) is 3.22. The SMILES string of the molecule is Cc1ccc(C(=O)OCc2nc3sc(C)c(C)c3c(=O)[nH]2)cn1. The number of ether oxygens (including phenoxy) is 1. The number of pyridine rings is 1. The minimum absolute atomic E-state index is 0.0894. The van der Waals surface area contributed by atoms with E-state index in [9.17, 15) is 9.59 Å². The van der Waals surface area contributed by atoms with E-state index in [0.717, 1.165) is 16.1 Å². The number of esters is 1. The highest BCUT2D eigenvalue weighted by atomic mass is 32.1. The fourth-order valence-electron chi connectivity index (χ4n) is 2.17. The summed E-state index contributed by atoms with van der Waals surface area (Å²) < 4.78 is 5.19. The highest BCUT2D eigenvalue weighted by Crippen LogP contribution is 2.25. The predicted molar refractivity (Wildman–Crippen MR) is 87.8 cm³/mol. The predicted octanol–water partition coefficient (Wildman–Crippen LogP) is 2.66. The summed E-state index contributed by atoms with van der Waals surface area (Å²) in [7, 11) is 0. The van der Waals surface area contributed by atoms with Crippen molar-refractivity contribution in [3.63, 3.8) is 0 Å². The lowest BCUT2D eigenvalue weighted by molar-refractivity contribution is 0.0462. The number of carbonyl (C=O) groups is 1. The van der Waals surface area contributed by atoms with Crippen molar-refractivity contribution in [3.05, 3.63) is 56.2 Å². The molecule has 0 spiro atoms. The maximum atomic E-state index is 12.1. The van der Waals surface area contributed by atoms with Crippen LogP contribution >= 0.6 is 11.3 Å². The number of hydrogen-bond acceptors (Lipinski definition) is 6. The van der Waals surface area contributed by atoms with Crippen molar-refractivity contribution >= 4 is 27.5 Å². The molecule has 0 aromatic carbocycles. The molecule has 0 saturated heterocycles. The van der Waals surface area contributed by atoms with E-state index in [1.54, 1.807) is 12.1 Å². The highest BCUT2D eigenvalue weighted by Gasteiger charge is 2.13. The third-order valence-electron chi connectivity index (χ3n) is 3.58. The van der Waals surface area contributed by atoms with Crippen LogP contribution in [0.2, 0.25) is 0 Å². The first-order chi connectivity index (χ1) is 11.0. The van der Waals surface area contributed by atoms with Gasteiger partial charge in [0, 0.05) is 16.8 Å². The number of H-pyrrole nitrogens is 1. The molecule has 3 aromatic rings. The average molecular weight is 329 g/mol. The monoisotopic (exact) mass is 329 g/mol. The Balaban J connectivity index is 1.81. The molecule has 0 fully saturated rings. The van der Waals surface area contributed by atoms with Gasteiger partial charge in [0.2, 0.25) is 0 Å². The third-order valence-corrected chi connectivity index (χ3v) is 4.68. The lowest BCUT2D eigenvalue weighted by Crippen LogP contribution is -2.14. The van der Waals surface area contributed by atoms with Crippen LogP contribution in [0.3, 0.4) is 0 Å². The van der Waals surface area contributed by atoms with Crippen molar-refractivity contribution in [1.82, 2.24) is 15.0 Å². The van der Waals surface area contributed by atoms with Crippen LogP contribution in [0.25, 0.3) is 10.2 Å². The smallest absolute Gasteiger partial charge is 0.340 e. The molecule has 0 aliphatic heterocycles. The molecule has 3 heterocycles. The Morgan fingerprint density at radius 2 is 2.09 bits per heavy atom. The van der Waals surface area contributed by atoms with E-state index in [4.69, 9.17) is 4.74 Å². The van der Waals surface area contributed by atoms with E-state index in [1.807, 2.05) is 20.8 Å². The lowest BCUT2D eigenvalue weighted by Gasteiger charge is -2.04. The Morgan fingerprint density at radius 1 is 1.30 bits per heavy atom. The van der Waals surface area contributed by atoms with Crippen molar-refractivity contribution in [1.29, 1.82) is 0 Å². The van der Waals surface area contributed by atoms with Gasteiger partial charge in [-0.05, 0) is 38.5 Å². The molecule has 118 valence electrons. The van der Waals surface area contributed by atoms with Gasteiger partial charge in [-0.15, -0.1) is 11.3 Å².